The number of pyridine rings is 1. The number of anilines is 1. The van der Waals surface area contributed by atoms with E-state index < -0.39 is 0 Å². The lowest BCUT2D eigenvalue weighted by molar-refractivity contribution is 0.300. The van der Waals surface area contributed by atoms with Crippen molar-refractivity contribution in [1.29, 1.82) is 0 Å². The van der Waals surface area contributed by atoms with Crippen LogP contribution >= 0.6 is 15.9 Å². The minimum Gasteiger partial charge on any atom is -0.487 e. The molecule has 0 atom stereocenters. The maximum atomic E-state index is 13.3. The van der Waals surface area contributed by atoms with Gasteiger partial charge in [0.25, 0.3) is 0 Å². The molecule has 4 nitrogen and oxygen atoms in total. The van der Waals surface area contributed by atoms with Gasteiger partial charge in [-0.15, -0.1) is 0 Å². The van der Waals surface area contributed by atoms with Gasteiger partial charge in [-0.1, -0.05) is 6.07 Å². The summed E-state index contributed by atoms with van der Waals surface area (Å²) < 4.78 is 19.1. The first-order valence-electron chi connectivity index (χ1n) is 5.19. The van der Waals surface area contributed by atoms with Crippen LogP contribution in [-0.2, 0) is 6.61 Å². The number of ether oxygens (including phenoxy) is 1. The third-order valence-electron chi connectivity index (χ3n) is 2.23. The maximum absolute atomic E-state index is 13.3. The highest BCUT2D eigenvalue weighted by Crippen LogP contribution is 2.21. The Morgan fingerprint density at radius 1 is 1.33 bits per heavy atom. The highest BCUT2D eigenvalue weighted by atomic mass is 79.9. The Morgan fingerprint density at radius 2 is 2.17 bits per heavy atom. The monoisotopic (exact) mass is 311 g/mol. The molecule has 0 radical (unpaired) electrons. The van der Waals surface area contributed by atoms with E-state index in [0.717, 1.165) is 0 Å². The van der Waals surface area contributed by atoms with Gasteiger partial charge in [0.05, 0.1) is 10.2 Å². The number of nitrogen functional groups attached to an aromatic ring is 1. The zero-order chi connectivity index (χ0) is 13.0. The number of aromatic nitrogens is 1. The van der Waals surface area contributed by atoms with E-state index in [-0.39, 0.29) is 12.4 Å². The van der Waals surface area contributed by atoms with Crippen LogP contribution in [-0.4, -0.2) is 4.98 Å². The average Bonchev–Trinajstić information content (AvgIpc) is 2.40. The van der Waals surface area contributed by atoms with E-state index in [0.29, 0.717) is 21.7 Å². The highest BCUT2D eigenvalue weighted by Gasteiger charge is 2.03. The summed E-state index contributed by atoms with van der Waals surface area (Å²) in [5.74, 6) is 5.89. The van der Waals surface area contributed by atoms with Crippen LogP contribution in [0, 0.1) is 5.82 Å². The molecule has 2 aromatic rings. The summed E-state index contributed by atoms with van der Waals surface area (Å²) in [5.41, 5.74) is 3.15. The lowest BCUT2D eigenvalue weighted by atomic mass is 10.3. The molecule has 3 N–H and O–H groups in total. The summed E-state index contributed by atoms with van der Waals surface area (Å²) in [5, 5.41) is 0. The molecule has 0 spiro atoms. The van der Waals surface area contributed by atoms with Gasteiger partial charge >= 0.3 is 0 Å². The first-order chi connectivity index (χ1) is 8.69. The second-order valence-electron chi connectivity index (χ2n) is 3.52. The number of nitrogens with two attached hydrogens (primary N) is 1. The van der Waals surface area contributed by atoms with Gasteiger partial charge in [-0.3, -0.25) is 0 Å². The number of nitrogens with one attached hydrogen (secondary N) is 1. The maximum Gasteiger partial charge on any atom is 0.141 e. The zero-order valence-corrected chi connectivity index (χ0v) is 10.9. The Balaban J connectivity index is 2.04. The molecule has 0 bridgehead atoms. The van der Waals surface area contributed by atoms with Crippen molar-refractivity contribution in [3.8, 4) is 5.75 Å². The lowest BCUT2D eigenvalue weighted by Crippen LogP contribution is -2.09. The molecule has 0 aliphatic carbocycles. The number of hydrogen-bond acceptors (Lipinski definition) is 4. The minimum absolute atomic E-state index is 0.247. The summed E-state index contributed by atoms with van der Waals surface area (Å²) in [4.78, 5) is 4.18. The summed E-state index contributed by atoms with van der Waals surface area (Å²) in [7, 11) is 0. The number of benzene rings is 1. The smallest absolute Gasteiger partial charge is 0.141 e. The van der Waals surface area contributed by atoms with Crippen molar-refractivity contribution in [1.82, 2.24) is 4.98 Å². The van der Waals surface area contributed by atoms with Gasteiger partial charge in [-0.2, -0.15) is 0 Å². The van der Waals surface area contributed by atoms with Crippen molar-refractivity contribution in [2.24, 2.45) is 5.84 Å². The third-order valence-corrected chi connectivity index (χ3v) is 2.88. The molecule has 94 valence electrons. The number of rotatable bonds is 4. The molecule has 1 aromatic carbocycles. The molecular weight excluding hydrogens is 301 g/mol. The fraction of sp³-hybridized carbons (Fsp3) is 0.0833. The van der Waals surface area contributed by atoms with Crippen LogP contribution < -0.4 is 16.0 Å². The summed E-state index contributed by atoms with van der Waals surface area (Å²) >= 11 is 3.08. The Hall–Kier alpha value is -1.66. The number of hydrogen-bond donors (Lipinski definition) is 2. The molecule has 1 heterocycles. The number of nitrogens with zero attached hydrogens (tertiary/aromatic N) is 1. The molecule has 18 heavy (non-hydrogen) atoms. The predicted octanol–water partition coefficient (Wildman–Crippen LogP) is 2.85. The van der Waals surface area contributed by atoms with Crippen molar-refractivity contribution < 1.29 is 9.13 Å². The Morgan fingerprint density at radius 3 is 2.89 bits per heavy atom. The largest absolute Gasteiger partial charge is 0.487 e. The minimum atomic E-state index is -0.363. The topological polar surface area (TPSA) is 60.2 Å². The van der Waals surface area contributed by atoms with Crippen molar-refractivity contribution >= 4 is 21.7 Å². The summed E-state index contributed by atoms with van der Waals surface area (Å²) in [6, 6.07) is 9.94. The molecule has 0 saturated heterocycles. The van der Waals surface area contributed by atoms with Crippen molar-refractivity contribution in [3.63, 3.8) is 0 Å². The first kappa shape index (κ1) is 12.8. The van der Waals surface area contributed by atoms with E-state index in [2.05, 4.69) is 26.3 Å². The summed E-state index contributed by atoms with van der Waals surface area (Å²) in [6.07, 6.45) is 0. The van der Waals surface area contributed by atoms with Crippen molar-refractivity contribution in [2.45, 2.75) is 6.61 Å². The molecule has 6 heteroatoms. The van der Waals surface area contributed by atoms with Gasteiger partial charge in [-0.25, -0.2) is 15.2 Å². The van der Waals surface area contributed by atoms with E-state index in [1.54, 1.807) is 24.3 Å². The molecule has 0 unspecified atom stereocenters. The molecule has 0 saturated carbocycles. The van der Waals surface area contributed by atoms with Gasteiger partial charge in [0, 0.05) is 6.07 Å². The van der Waals surface area contributed by atoms with Gasteiger partial charge in [-0.05, 0) is 40.2 Å². The lowest BCUT2D eigenvalue weighted by Gasteiger charge is -2.07. The van der Waals surface area contributed by atoms with E-state index >= 15 is 0 Å². The number of hydrazine groups is 1. The number of halogens is 2. The van der Waals surface area contributed by atoms with E-state index in [1.807, 2.05) is 6.07 Å². The Labute approximate surface area is 112 Å². The molecular formula is C12H11BrFN3O. The van der Waals surface area contributed by atoms with Gasteiger partial charge in [0.1, 0.15) is 24.0 Å². The molecule has 1 aromatic heterocycles. The van der Waals surface area contributed by atoms with Gasteiger partial charge in [0.2, 0.25) is 0 Å². The SMILES string of the molecule is NNc1cccc(COc2ccc(Br)c(F)c2)n1. The van der Waals surface area contributed by atoms with E-state index in [4.69, 9.17) is 10.6 Å². The van der Waals surface area contributed by atoms with Crippen LogP contribution in [0.15, 0.2) is 40.9 Å². The van der Waals surface area contributed by atoms with E-state index in [1.165, 1.54) is 6.07 Å². The van der Waals surface area contributed by atoms with Gasteiger partial charge < -0.3 is 10.2 Å². The molecule has 0 aliphatic rings. The van der Waals surface area contributed by atoms with E-state index in [9.17, 15) is 4.39 Å². The Bertz CT molecular complexity index is 551. The highest BCUT2D eigenvalue weighted by molar-refractivity contribution is 9.10. The van der Waals surface area contributed by atoms with Gasteiger partial charge in [0.15, 0.2) is 0 Å². The quantitative estimate of drug-likeness (QED) is 0.673. The standard InChI is InChI=1S/C12H11BrFN3O/c13-10-5-4-9(6-11(10)14)18-7-8-2-1-3-12(16-8)17-15/h1-6H,7,15H2,(H,16,17). The fourth-order valence-electron chi connectivity index (χ4n) is 1.36. The first-order valence-corrected chi connectivity index (χ1v) is 5.99. The van der Waals surface area contributed by atoms with Crippen LogP contribution in [0.5, 0.6) is 5.75 Å². The fourth-order valence-corrected chi connectivity index (χ4v) is 1.61. The summed E-state index contributed by atoms with van der Waals surface area (Å²) in [6.45, 7) is 0.247. The van der Waals surface area contributed by atoms with Crippen LogP contribution in [0.1, 0.15) is 5.69 Å². The van der Waals surface area contributed by atoms with Crippen molar-refractivity contribution in [3.05, 3.63) is 52.4 Å². The van der Waals surface area contributed by atoms with Crippen LogP contribution in [0.2, 0.25) is 0 Å². The van der Waals surface area contributed by atoms with Crippen LogP contribution in [0.25, 0.3) is 0 Å². The third kappa shape index (κ3) is 3.18. The second kappa shape index (κ2) is 5.79. The second-order valence-corrected chi connectivity index (χ2v) is 4.38. The van der Waals surface area contributed by atoms with Crippen LogP contribution in [0.4, 0.5) is 10.2 Å². The molecule has 0 fully saturated rings. The van der Waals surface area contributed by atoms with Crippen molar-refractivity contribution in [2.75, 3.05) is 5.43 Å². The zero-order valence-electron chi connectivity index (χ0n) is 9.36. The van der Waals surface area contributed by atoms with Crippen LogP contribution in [0.3, 0.4) is 0 Å². The molecule has 0 aliphatic heterocycles. The average molecular weight is 312 g/mol. The normalized spacial score (nSPS) is 10.2. The molecule has 0 amide bonds. The predicted molar refractivity (Wildman–Crippen MR) is 70.5 cm³/mol. The Kier molecular flexibility index (Phi) is 4.11. The molecule has 2 rings (SSSR count).